The van der Waals surface area contributed by atoms with Crippen LogP contribution in [0.4, 0.5) is 0 Å². The van der Waals surface area contributed by atoms with Gasteiger partial charge in [-0.2, -0.15) is 0 Å². The number of hydrogen-bond donors (Lipinski definition) is 0. The summed E-state index contributed by atoms with van der Waals surface area (Å²) in [6, 6.07) is 10.2. The summed E-state index contributed by atoms with van der Waals surface area (Å²) in [6.45, 7) is 0. The number of rotatable bonds is 3. The Morgan fingerprint density at radius 1 is 1.28 bits per heavy atom. The van der Waals surface area contributed by atoms with E-state index >= 15 is 0 Å². The SMILES string of the molecule is CSc1ncc2ccc(-c3cccc(S(=O)(=O)Cl)c3)n2n1.O=N[O-].[Na+]. The van der Waals surface area contributed by atoms with Gasteiger partial charge in [-0.3, -0.25) is 0 Å². The first-order valence-corrected chi connectivity index (χ1v) is 9.83. The van der Waals surface area contributed by atoms with Crippen molar-refractivity contribution < 1.29 is 38.0 Å². The van der Waals surface area contributed by atoms with Gasteiger partial charge in [0, 0.05) is 16.2 Å². The first-order valence-electron chi connectivity index (χ1n) is 6.29. The van der Waals surface area contributed by atoms with Crippen LogP contribution in [-0.2, 0) is 9.05 Å². The standard InChI is InChI=1S/C13H10ClN3O2S2.HNO2.Na/c1-20-13-15-8-10-5-6-12(17(10)16-13)9-3-2-4-11(7-9)21(14,18)19;2-1-3;/h2-8H,1H3;(H,2,3);/q;;+1/p-1. The van der Waals surface area contributed by atoms with Crippen molar-refractivity contribution in [3.63, 3.8) is 0 Å². The molecule has 3 rings (SSSR count). The van der Waals surface area contributed by atoms with Gasteiger partial charge in [0.25, 0.3) is 9.05 Å². The summed E-state index contributed by atoms with van der Waals surface area (Å²) in [4.78, 5) is 12.3. The molecule has 0 N–H and O–H groups in total. The summed E-state index contributed by atoms with van der Waals surface area (Å²) < 4.78 is 24.6. The van der Waals surface area contributed by atoms with Gasteiger partial charge in [-0.15, -0.1) is 10.4 Å². The van der Waals surface area contributed by atoms with E-state index in [1.807, 2.05) is 24.5 Å². The molecule has 0 atom stereocenters. The molecule has 0 aliphatic carbocycles. The van der Waals surface area contributed by atoms with Gasteiger partial charge in [0.2, 0.25) is 5.16 Å². The van der Waals surface area contributed by atoms with E-state index in [1.54, 1.807) is 16.8 Å². The summed E-state index contributed by atoms with van der Waals surface area (Å²) in [5, 5.41) is 14.0. The summed E-state index contributed by atoms with van der Waals surface area (Å²) >= 11 is 1.44. The Labute approximate surface area is 174 Å². The first kappa shape index (κ1) is 21.9. The Kier molecular flexibility index (Phi) is 8.32. The molecule has 0 fully saturated rings. The maximum atomic E-state index is 11.4. The third-order valence-electron chi connectivity index (χ3n) is 2.97. The van der Waals surface area contributed by atoms with Gasteiger partial charge in [0.15, 0.2) is 0 Å². The number of thioether (sulfide) groups is 1. The fourth-order valence-corrected chi connectivity index (χ4v) is 3.12. The quantitative estimate of drug-likeness (QED) is 0.201. The molecule has 0 unspecified atom stereocenters. The molecule has 0 aliphatic heterocycles. The van der Waals surface area contributed by atoms with Gasteiger partial charge in [0.1, 0.15) is 0 Å². The van der Waals surface area contributed by atoms with Crippen molar-refractivity contribution in [3.8, 4) is 11.3 Å². The van der Waals surface area contributed by atoms with Crippen LogP contribution in [0.5, 0.6) is 0 Å². The van der Waals surface area contributed by atoms with Crippen molar-refractivity contribution in [1.29, 1.82) is 0 Å². The number of hydrogen-bond acceptors (Lipinski definition) is 8. The minimum atomic E-state index is -3.76. The Hall–Kier alpha value is -1.17. The number of nitrogens with zero attached hydrogens (tertiary/aromatic N) is 4. The minimum Gasteiger partial charge on any atom is -0.444 e. The largest absolute Gasteiger partial charge is 1.00 e. The van der Waals surface area contributed by atoms with E-state index in [1.165, 1.54) is 23.9 Å². The van der Waals surface area contributed by atoms with Crippen LogP contribution in [-0.4, -0.2) is 29.3 Å². The van der Waals surface area contributed by atoms with Gasteiger partial charge in [-0.1, -0.05) is 23.9 Å². The Morgan fingerprint density at radius 2 is 1.96 bits per heavy atom. The maximum absolute atomic E-state index is 11.4. The van der Waals surface area contributed by atoms with E-state index < -0.39 is 9.05 Å². The molecule has 2 aromatic heterocycles. The summed E-state index contributed by atoms with van der Waals surface area (Å²) in [7, 11) is 1.64. The smallest absolute Gasteiger partial charge is 0.444 e. The fraction of sp³-hybridized carbons (Fsp3) is 0.0769. The van der Waals surface area contributed by atoms with Crippen molar-refractivity contribution in [3.05, 3.63) is 52.7 Å². The predicted molar refractivity (Wildman–Crippen MR) is 92.4 cm³/mol. The Morgan fingerprint density at radius 3 is 2.56 bits per heavy atom. The van der Waals surface area contributed by atoms with Crippen LogP contribution in [0, 0.1) is 10.1 Å². The molecule has 25 heavy (non-hydrogen) atoms. The summed E-state index contributed by atoms with van der Waals surface area (Å²) in [6.07, 6.45) is 3.62. The van der Waals surface area contributed by atoms with Gasteiger partial charge >= 0.3 is 29.6 Å². The third kappa shape index (κ3) is 5.40. The summed E-state index contributed by atoms with van der Waals surface area (Å²) in [5.41, 5.74) is 2.34. The average Bonchev–Trinajstić information content (AvgIpc) is 2.98. The second-order valence-corrected chi connectivity index (χ2v) is 7.68. The zero-order chi connectivity index (χ0) is 17.7. The topological polar surface area (TPSA) is 117 Å². The van der Waals surface area contributed by atoms with Crippen LogP contribution >= 0.6 is 22.4 Å². The second kappa shape index (κ2) is 9.51. The molecule has 126 valence electrons. The van der Waals surface area contributed by atoms with Crippen LogP contribution in [0.15, 0.2) is 58.0 Å². The van der Waals surface area contributed by atoms with Crippen LogP contribution in [0.1, 0.15) is 0 Å². The molecule has 8 nitrogen and oxygen atoms in total. The number of benzene rings is 1. The molecule has 0 spiro atoms. The van der Waals surface area contributed by atoms with E-state index in [2.05, 4.69) is 10.1 Å². The van der Waals surface area contributed by atoms with Crippen LogP contribution in [0.2, 0.25) is 0 Å². The summed E-state index contributed by atoms with van der Waals surface area (Å²) in [5.74, 6) is 0. The van der Waals surface area contributed by atoms with Crippen LogP contribution in [0.3, 0.4) is 0 Å². The molecule has 3 aromatic rings. The molecular formula is C13H10ClN4NaO4S2. The monoisotopic (exact) mass is 408 g/mol. The van der Waals surface area contributed by atoms with E-state index in [4.69, 9.17) is 20.8 Å². The Bertz CT molecular complexity index is 981. The van der Waals surface area contributed by atoms with Crippen molar-refractivity contribution in [2.24, 2.45) is 5.34 Å². The molecule has 0 saturated carbocycles. The van der Waals surface area contributed by atoms with Gasteiger partial charge in [0.05, 0.1) is 22.3 Å². The fourth-order valence-electron chi connectivity index (χ4n) is 2.01. The van der Waals surface area contributed by atoms with Crippen molar-refractivity contribution in [2.45, 2.75) is 10.1 Å². The van der Waals surface area contributed by atoms with E-state index in [-0.39, 0.29) is 34.5 Å². The van der Waals surface area contributed by atoms with Gasteiger partial charge < -0.3 is 10.1 Å². The predicted octanol–water partition coefficient (Wildman–Crippen LogP) is 0.300. The molecule has 0 aliphatic rings. The molecule has 1 aromatic carbocycles. The normalized spacial score (nSPS) is 10.5. The van der Waals surface area contributed by atoms with E-state index in [0.717, 1.165) is 22.1 Å². The molecule has 0 bridgehead atoms. The van der Waals surface area contributed by atoms with Crippen LogP contribution in [0.25, 0.3) is 16.8 Å². The average molecular weight is 409 g/mol. The number of halogens is 1. The first-order chi connectivity index (χ1) is 11.4. The van der Waals surface area contributed by atoms with Crippen molar-refractivity contribution in [1.82, 2.24) is 14.6 Å². The second-order valence-electron chi connectivity index (χ2n) is 4.34. The van der Waals surface area contributed by atoms with E-state index in [0.29, 0.717) is 5.16 Å². The van der Waals surface area contributed by atoms with Gasteiger partial charge in [-0.25, -0.2) is 17.9 Å². The van der Waals surface area contributed by atoms with E-state index in [9.17, 15) is 8.42 Å². The Balaban J connectivity index is 0.000000730. The molecule has 0 radical (unpaired) electrons. The molecular weight excluding hydrogens is 399 g/mol. The molecule has 12 heteroatoms. The van der Waals surface area contributed by atoms with Crippen molar-refractivity contribution in [2.75, 3.05) is 6.26 Å². The van der Waals surface area contributed by atoms with Gasteiger partial charge in [-0.05, 0) is 30.5 Å². The number of fused-ring (bicyclic) bond motifs is 1. The zero-order valence-electron chi connectivity index (χ0n) is 13.2. The third-order valence-corrected chi connectivity index (χ3v) is 4.88. The van der Waals surface area contributed by atoms with Crippen molar-refractivity contribution >= 4 is 37.0 Å². The maximum Gasteiger partial charge on any atom is 1.00 e. The zero-order valence-corrected chi connectivity index (χ0v) is 17.5. The molecule has 0 saturated heterocycles. The number of aromatic nitrogens is 3. The molecule has 0 amide bonds. The molecule has 2 heterocycles. The van der Waals surface area contributed by atoms with Crippen LogP contribution < -0.4 is 29.6 Å². The minimum absolute atomic E-state index is 0.